The van der Waals surface area contributed by atoms with Crippen LogP contribution < -0.4 is 10.9 Å². The zero-order valence-corrected chi connectivity index (χ0v) is 25.2. The lowest BCUT2D eigenvalue weighted by molar-refractivity contribution is 0.102. The third-order valence-electron chi connectivity index (χ3n) is 6.71. The number of allylic oxidation sites excluding steroid dienone is 1. The number of alkyl halides is 2. The quantitative estimate of drug-likeness (QED) is 0.165. The largest absolute Gasteiger partial charge is 0.322 e. The topological polar surface area (TPSA) is 64.0 Å². The van der Waals surface area contributed by atoms with Crippen molar-refractivity contribution in [2.75, 3.05) is 5.32 Å². The lowest BCUT2D eigenvalue weighted by Gasteiger charge is -2.16. The third-order valence-corrected chi connectivity index (χ3v) is 7.95. The van der Waals surface area contributed by atoms with E-state index >= 15 is 0 Å². The summed E-state index contributed by atoms with van der Waals surface area (Å²) in [5.74, 6) is 0.484. The number of hydrogen-bond donors (Lipinski definition) is 1. The van der Waals surface area contributed by atoms with Crippen LogP contribution in [-0.4, -0.2) is 15.5 Å². The van der Waals surface area contributed by atoms with Crippen LogP contribution in [0.5, 0.6) is 0 Å². The fraction of sp³-hybridized carbons (Fsp3) is 0.233. The highest BCUT2D eigenvalue weighted by Crippen LogP contribution is 2.38. The molecular formula is C30H27I2N3O2. The van der Waals surface area contributed by atoms with Crippen LogP contribution in [0, 0.1) is 12.8 Å². The molecule has 7 heteroatoms. The van der Waals surface area contributed by atoms with E-state index in [1.165, 1.54) is 12.8 Å². The summed E-state index contributed by atoms with van der Waals surface area (Å²) < 4.78 is 1.57. The minimum atomic E-state index is -0.184. The highest BCUT2D eigenvalue weighted by Gasteiger charge is 2.20. The van der Waals surface area contributed by atoms with Crippen molar-refractivity contribution in [3.05, 3.63) is 99.6 Å². The van der Waals surface area contributed by atoms with Gasteiger partial charge in [0.05, 0.1) is 12.6 Å². The van der Waals surface area contributed by atoms with Crippen molar-refractivity contribution in [1.29, 1.82) is 0 Å². The van der Waals surface area contributed by atoms with Gasteiger partial charge in [-0.15, -0.1) is 0 Å². The van der Waals surface area contributed by atoms with Gasteiger partial charge in [-0.05, 0) is 91.8 Å². The molecule has 0 radical (unpaired) electrons. The van der Waals surface area contributed by atoms with Gasteiger partial charge in [0.25, 0.3) is 11.5 Å². The summed E-state index contributed by atoms with van der Waals surface area (Å²) >= 11 is 4.72. The predicted molar refractivity (Wildman–Crippen MR) is 169 cm³/mol. The van der Waals surface area contributed by atoms with Gasteiger partial charge in [0.2, 0.25) is 0 Å². The minimum Gasteiger partial charge on any atom is -0.322 e. The lowest BCUT2D eigenvalue weighted by atomic mass is 9.99. The Morgan fingerprint density at radius 2 is 1.89 bits per heavy atom. The number of amides is 1. The maximum absolute atomic E-state index is 13.4. The number of aryl methyl sites for hydroxylation is 2. The van der Waals surface area contributed by atoms with Gasteiger partial charge in [-0.25, -0.2) is 0 Å². The summed E-state index contributed by atoms with van der Waals surface area (Å²) in [6, 6.07) is 17.2. The summed E-state index contributed by atoms with van der Waals surface area (Å²) in [7, 11) is 1.80. The van der Waals surface area contributed by atoms with Gasteiger partial charge in [-0.2, -0.15) is 0 Å². The van der Waals surface area contributed by atoms with Gasteiger partial charge < -0.3 is 9.88 Å². The highest BCUT2D eigenvalue weighted by atomic mass is 127. The van der Waals surface area contributed by atoms with Crippen LogP contribution in [0.15, 0.2) is 71.7 Å². The second kappa shape index (κ2) is 10.3. The summed E-state index contributed by atoms with van der Waals surface area (Å²) in [5, 5.41) is 3.90. The first-order valence-electron chi connectivity index (χ1n) is 12.2. The Hall–Kier alpha value is -2.53. The van der Waals surface area contributed by atoms with E-state index in [1.807, 2.05) is 73.8 Å². The Kier molecular flexibility index (Phi) is 7.28. The fourth-order valence-corrected chi connectivity index (χ4v) is 4.99. The van der Waals surface area contributed by atoms with Crippen LogP contribution >= 0.6 is 45.2 Å². The second-order valence-electron chi connectivity index (χ2n) is 9.74. The SMILES string of the molecule is Cc1ccc(NC(=O)c2cccc(C(C)(I)I)c2)cc1-c1cc2cnc(/C=C/C3CC3)cc2n(C)c1=O. The first-order valence-corrected chi connectivity index (χ1v) is 14.3. The molecule has 0 saturated heterocycles. The van der Waals surface area contributed by atoms with E-state index in [4.69, 9.17) is 0 Å². The number of aromatic nitrogens is 2. The number of pyridine rings is 2. The summed E-state index contributed by atoms with van der Waals surface area (Å²) in [4.78, 5) is 31.1. The Balaban J connectivity index is 1.48. The Morgan fingerprint density at radius 3 is 2.62 bits per heavy atom. The normalized spacial score (nSPS) is 13.9. The van der Waals surface area contributed by atoms with Gasteiger partial charge in [-0.3, -0.25) is 14.6 Å². The van der Waals surface area contributed by atoms with Crippen LogP contribution in [0.25, 0.3) is 28.1 Å². The third kappa shape index (κ3) is 5.82. The average Bonchev–Trinajstić information content (AvgIpc) is 3.70. The summed E-state index contributed by atoms with van der Waals surface area (Å²) in [5.41, 5.74) is 6.26. The highest BCUT2D eigenvalue weighted by molar-refractivity contribution is 14.2. The summed E-state index contributed by atoms with van der Waals surface area (Å²) in [6.45, 7) is 4.07. The van der Waals surface area contributed by atoms with Gasteiger partial charge in [0.15, 0.2) is 0 Å². The number of fused-ring (bicyclic) bond motifs is 1. The van der Waals surface area contributed by atoms with Gasteiger partial charge in [-0.1, -0.05) is 69.5 Å². The smallest absolute Gasteiger partial charge is 0.258 e. The molecule has 5 nitrogen and oxygen atoms in total. The average molecular weight is 715 g/mol. The molecule has 1 aliphatic rings. The molecule has 2 heterocycles. The molecule has 37 heavy (non-hydrogen) atoms. The number of nitrogens with zero attached hydrogens (tertiary/aromatic N) is 2. The van der Waals surface area contributed by atoms with Crippen molar-refractivity contribution in [2.24, 2.45) is 13.0 Å². The number of benzene rings is 2. The monoisotopic (exact) mass is 715 g/mol. The van der Waals surface area contributed by atoms with Gasteiger partial charge in [0, 0.05) is 35.4 Å². The first kappa shape index (κ1) is 26.1. The summed E-state index contributed by atoms with van der Waals surface area (Å²) in [6.07, 6.45) is 8.55. The first-order chi connectivity index (χ1) is 17.6. The van der Waals surface area contributed by atoms with E-state index in [0.717, 1.165) is 33.3 Å². The van der Waals surface area contributed by atoms with Crippen LogP contribution in [0.4, 0.5) is 5.69 Å². The van der Waals surface area contributed by atoms with Crippen LogP contribution in [0.3, 0.4) is 0 Å². The van der Waals surface area contributed by atoms with Crippen molar-refractivity contribution in [3.63, 3.8) is 0 Å². The molecule has 4 aromatic rings. The van der Waals surface area contributed by atoms with Crippen LogP contribution in [-0.2, 0) is 8.48 Å². The standard InChI is InChI=1S/C30H27I2N3O2/c1-18-7-11-24(34-28(36)20-5-4-6-22(13-20)30(2,31)32)15-25(18)26-14-21-17-33-23(12-10-19-8-9-19)16-27(21)35(3)29(26)37/h4-7,10-17,19H,8-9H2,1-3H3,(H,34,36)/b12-10+. The predicted octanol–water partition coefficient (Wildman–Crippen LogP) is 7.63. The van der Waals surface area contributed by atoms with E-state index in [2.05, 4.69) is 68.5 Å². The molecule has 1 amide bonds. The van der Waals surface area contributed by atoms with Crippen LogP contribution in [0.2, 0.25) is 0 Å². The van der Waals surface area contributed by atoms with Crippen molar-refractivity contribution >= 4 is 73.8 Å². The minimum absolute atomic E-state index is 0.0847. The van der Waals surface area contributed by atoms with E-state index in [0.29, 0.717) is 22.7 Å². The Bertz CT molecular complexity index is 1610. The molecule has 0 bridgehead atoms. The molecule has 1 aliphatic carbocycles. The molecule has 5 rings (SSSR count). The van der Waals surface area contributed by atoms with Crippen LogP contribution in [0.1, 0.15) is 46.9 Å². The zero-order valence-electron chi connectivity index (χ0n) is 20.9. The number of hydrogen-bond acceptors (Lipinski definition) is 3. The lowest BCUT2D eigenvalue weighted by Crippen LogP contribution is -2.19. The molecule has 0 atom stereocenters. The number of anilines is 1. The van der Waals surface area contributed by atoms with Crippen molar-refractivity contribution in [3.8, 4) is 11.1 Å². The van der Waals surface area contributed by atoms with E-state index in [-0.39, 0.29) is 12.9 Å². The molecule has 1 fully saturated rings. The Morgan fingerprint density at radius 1 is 1.11 bits per heavy atom. The maximum atomic E-state index is 13.4. The second-order valence-corrected chi connectivity index (χ2v) is 16.1. The molecule has 0 aliphatic heterocycles. The van der Waals surface area contributed by atoms with Crippen molar-refractivity contribution in [1.82, 2.24) is 9.55 Å². The number of nitrogens with one attached hydrogen (secondary N) is 1. The molecule has 2 aromatic heterocycles. The number of rotatable bonds is 6. The molecule has 2 aromatic carbocycles. The van der Waals surface area contributed by atoms with Crippen molar-refractivity contribution < 1.29 is 4.79 Å². The van der Waals surface area contributed by atoms with Gasteiger partial charge >= 0.3 is 0 Å². The number of carbonyl (C=O) groups excluding carboxylic acids is 1. The van der Waals surface area contributed by atoms with Crippen molar-refractivity contribution in [2.45, 2.75) is 28.1 Å². The van der Waals surface area contributed by atoms with E-state index in [9.17, 15) is 9.59 Å². The molecule has 188 valence electrons. The fourth-order valence-electron chi connectivity index (χ4n) is 4.31. The zero-order chi connectivity index (χ0) is 26.3. The Labute approximate surface area is 243 Å². The van der Waals surface area contributed by atoms with E-state index < -0.39 is 0 Å². The van der Waals surface area contributed by atoms with Gasteiger partial charge in [0.1, 0.15) is 0 Å². The molecule has 1 N–H and O–H groups in total. The molecule has 1 saturated carbocycles. The number of halogens is 2. The maximum Gasteiger partial charge on any atom is 0.258 e. The molecular weight excluding hydrogens is 688 g/mol. The molecule has 0 spiro atoms. The number of carbonyl (C=O) groups is 1. The molecule has 0 unspecified atom stereocenters. The van der Waals surface area contributed by atoms with E-state index in [1.54, 1.807) is 11.6 Å².